The van der Waals surface area contributed by atoms with Gasteiger partial charge in [0.15, 0.2) is 0 Å². The van der Waals surface area contributed by atoms with Crippen molar-refractivity contribution in [1.29, 1.82) is 0 Å². The lowest BCUT2D eigenvalue weighted by Crippen LogP contribution is -2.32. The van der Waals surface area contributed by atoms with Crippen molar-refractivity contribution in [1.82, 2.24) is 9.97 Å². The summed E-state index contributed by atoms with van der Waals surface area (Å²) in [5.74, 6) is 0.791. The van der Waals surface area contributed by atoms with Crippen LogP contribution in [0.1, 0.15) is 47.5 Å². The Bertz CT molecular complexity index is 695. The summed E-state index contributed by atoms with van der Waals surface area (Å²) in [5.41, 5.74) is 5.41. The van der Waals surface area contributed by atoms with Crippen molar-refractivity contribution in [3.05, 3.63) is 57.6 Å². The molecule has 3 heteroatoms. The monoisotopic (exact) mass is 284 g/mol. The Balaban J connectivity index is 2.00. The van der Waals surface area contributed by atoms with E-state index in [1.807, 2.05) is 6.92 Å². The molecular formula is C17H17ClN2. The first kappa shape index (κ1) is 12.3. The van der Waals surface area contributed by atoms with E-state index < -0.39 is 0 Å². The van der Waals surface area contributed by atoms with E-state index in [0.29, 0.717) is 5.15 Å². The normalized spacial score (nSPS) is 23.7. The summed E-state index contributed by atoms with van der Waals surface area (Å²) in [6, 6.07) is 8.83. The molecule has 0 bridgehead atoms. The van der Waals surface area contributed by atoms with Gasteiger partial charge in [-0.2, -0.15) is 0 Å². The number of aryl methyl sites for hydroxylation is 2. The topological polar surface area (TPSA) is 25.8 Å². The fraction of sp³-hybridized carbons (Fsp3) is 0.412. The van der Waals surface area contributed by atoms with Gasteiger partial charge in [0, 0.05) is 11.0 Å². The van der Waals surface area contributed by atoms with Gasteiger partial charge >= 0.3 is 0 Å². The predicted molar refractivity (Wildman–Crippen MR) is 80.3 cm³/mol. The van der Waals surface area contributed by atoms with Gasteiger partial charge in [-0.15, -0.1) is 0 Å². The molecule has 20 heavy (non-hydrogen) atoms. The molecule has 1 aromatic heterocycles. The largest absolute Gasteiger partial charge is 0.237 e. The van der Waals surface area contributed by atoms with Gasteiger partial charge < -0.3 is 0 Å². The number of halogens is 1. The third-order valence-electron chi connectivity index (χ3n) is 4.91. The molecule has 2 nitrogen and oxygen atoms in total. The Morgan fingerprint density at radius 1 is 1.10 bits per heavy atom. The Morgan fingerprint density at radius 3 is 2.85 bits per heavy atom. The van der Waals surface area contributed by atoms with Gasteiger partial charge in [-0.3, -0.25) is 0 Å². The maximum absolute atomic E-state index is 6.39. The second kappa shape index (κ2) is 4.29. The minimum absolute atomic E-state index is 0.0848. The summed E-state index contributed by atoms with van der Waals surface area (Å²) in [4.78, 5) is 9.16. The first-order valence-corrected chi connectivity index (χ1v) is 7.70. The quantitative estimate of drug-likeness (QED) is 0.683. The lowest BCUT2D eigenvalue weighted by Gasteiger charge is -2.36. The van der Waals surface area contributed by atoms with E-state index in [1.165, 1.54) is 35.2 Å². The molecule has 0 fully saturated rings. The second-order valence-corrected chi connectivity index (χ2v) is 6.34. The zero-order chi connectivity index (χ0) is 13.7. The van der Waals surface area contributed by atoms with E-state index in [9.17, 15) is 0 Å². The SMILES string of the molecule is Cc1nc(Cl)c2c(n1)C1(CCC2)CCc2ccccc21. The van der Waals surface area contributed by atoms with E-state index in [1.54, 1.807) is 0 Å². The van der Waals surface area contributed by atoms with Crippen LogP contribution in [0.5, 0.6) is 0 Å². The summed E-state index contributed by atoms with van der Waals surface area (Å²) in [6.07, 6.45) is 5.68. The first-order chi connectivity index (χ1) is 9.71. The summed E-state index contributed by atoms with van der Waals surface area (Å²) in [6.45, 7) is 1.94. The maximum atomic E-state index is 6.39. The molecule has 102 valence electrons. The molecule has 1 atom stereocenters. The van der Waals surface area contributed by atoms with E-state index in [0.717, 1.165) is 25.1 Å². The number of rotatable bonds is 0. The van der Waals surface area contributed by atoms with E-state index >= 15 is 0 Å². The number of aromatic nitrogens is 2. The van der Waals surface area contributed by atoms with Gasteiger partial charge in [0.05, 0.1) is 5.69 Å². The minimum atomic E-state index is 0.0848. The van der Waals surface area contributed by atoms with Crippen molar-refractivity contribution in [2.24, 2.45) is 0 Å². The lowest BCUT2D eigenvalue weighted by atomic mass is 9.69. The fourth-order valence-corrected chi connectivity index (χ4v) is 4.36. The van der Waals surface area contributed by atoms with Crippen molar-refractivity contribution in [2.75, 3.05) is 0 Å². The molecule has 2 aromatic rings. The average Bonchev–Trinajstić information content (AvgIpc) is 2.81. The Morgan fingerprint density at radius 2 is 1.95 bits per heavy atom. The van der Waals surface area contributed by atoms with E-state index in [2.05, 4.69) is 29.2 Å². The highest BCUT2D eigenvalue weighted by atomic mass is 35.5. The fourth-order valence-electron chi connectivity index (χ4n) is 4.06. The minimum Gasteiger partial charge on any atom is -0.237 e. The highest BCUT2D eigenvalue weighted by Gasteiger charge is 2.44. The zero-order valence-corrected chi connectivity index (χ0v) is 12.4. The van der Waals surface area contributed by atoms with Crippen LogP contribution >= 0.6 is 11.6 Å². The standard InChI is InChI=1S/C17H17ClN2/c1-11-19-15-13(16(18)20-11)6-4-9-17(15)10-8-12-5-2-3-7-14(12)17/h2-3,5,7H,4,6,8-10H2,1H3. The number of nitrogens with zero attached hydrogens (tertiary/aromatic N) is 2. The predicted octanol–water partition coefficient (Wildman–Crippen LogP) is 4.01. The molecule has 1 heterocycles. The van der Waals surface area contributed by atoms with Crippen LogP contribution in [0.4, 0.5) is 0 Å². The molecule has 0 saturated heterocycles. The van der Waals surface area contributed by atoms with Crippen molar-refractivity contribution < 1.29 is 0 Å². The molecule has 0 saturated carbocycles. The van der Waals surface area contributed by atoms with E-state index in [-0.39, 0.29) is 5.41 Å². The molecule has 1 aromatic carbocycles. The van der Waals surface area contributed by atoms with Crippen molar-refractivity contribution >= 4 is 11.6 Å². The summed E-state index contributed by atoms with van der Waals surface area (Å²) in [5, 5.41) is 0.663. The van der Waals surface area contributed by atoms with Crippen LogP contribution in [0.15, 0.2) is 24.3 Å². The van der Waals surface area contributed by atoms with Crippen LogP contribution in [0.3, 0.4) is 0 Å². The van der Waals surface area contributed by atoms with Crippen LogP contribution in [0, 0.1) is 6.92 Å². The van der Waals surface area contributed by atoms with Gasteiger partial charge in [-0.05, 0) is 50.2 Å². The van der Waals surface area contributed by atoms with Crippen LogP contribution in [0.2, 0.25) is 5.15 Å². The average molecular weight is 285 g/mol. The Labute approximate surface area is 124 Å². The van der Waals surface area contributed by atoms with Gasteiger partial charge in [-0.1, -0.05) is 35.9 Å². The molecule has 0 N–H and O–H groups in total. The van der Waals surface area contributed by atoms with Crippen molar-refractivity contribution in [3.63, 3.8) is 0 Å². The molecular weight excluding hydrogens is 268 g/mol. The third kappa shape index (κ3) is 1.58. The summed E-state index contributed by atoms with van der Waals surface area (Å²) >= 11 is 6.39. The van der Waals surface area contributed by atoms with Gasteiger partial charge in [-0.25, -0.2) is 9.97 Å². The molecule has 0 amide bonds. The third-order valence-corrected chi connectivity index (χ3v) is 5.22. The summed E-state index contributed by atoms with van der Waals surface area (Å²) < 4.78 is 0. The highest BCUT2D eigenvalue weighted by Crippen LogP contribution is 2.50. The molecule has 0 radical (unpaired) electrons. The van der Waals surface area contributed by atoms with Gasteiger partial charge in [0.2, 0.25) is 0 Å². The Kier molecular flexibility index (Phi) is 2.65. The van der Waals surface area contributed by atoms with Crippen molar-refractivity contribution in [2.45, 2.75) is 44.4 Å². The van der Waals surface area contributed by atoms with Crippen LogP contribution in [-0.2, 0) is 18.3 Å². The zero-order valence-electron chi connectivity index (χ0n) is 11.6. The van der Waals surface area contributed by atoms with Crippen molar-refractivity contribution in [3.8, 4) is 0 Å². The molecule has 1 unspecified atom stereocenters. The number of hydrogen-bond acceptors (Lipinski definition) is 2. The van der Waals surface area contributed by atoms with Crippen LogP contribution in [-0.4, -0.2) is 9.97 Å². The van der Waals surface area contributed by atoms with Crippen LogP contribution in [0.25, 0.3) is 0 Å². The number of fused-ring (bicyclic) bond motifs is 4. The van der Waals surface area contributed by atoms with Gasteiger partial charge in [0.1, 0.15) is 11.0 Å². The second-order valence-electron chi connectivity index (χ2n) is 5.98. The molecule has 4 rings (SSSR count). The lowest BCUT2D eigenvalue weighted by molar-refractivity contribution is 0.410. The van der Waals surface area contributed by atoms with E-state index in [4.69, 9.17) is 16.6 Å². The smallest absolute Gasteiger partial charge is 0.136 e. The molecule has 2 aliphatic rings. The molecule has 0 aliphatic heterocycles. The summed E-state index contributed by atoms with van der Waals surface area (Å²) in [7, 11) is 0. The number of hydrogen-bond donors (Lipinski definition) is 0. The maximum Gasteiger partial charge on any atom is 0.136 e. The van der Waals surface area contributed by atoms with Gasteiger partial charge in [0.25, 0.3) is 0 Å². The molecule has 2 aliphatic carbocycles. The molecule has 1 spiro atoms. The first-order valence-electron chi connectivity index (χ1n) is 7.32. The number of benzene rings is 1. The Hall–Kier alpha value is -1.41. The highest BCUT2D eigenvalue weighted by molar-refractivity contribution is 6.30. The van der Waals surface area contributed by atoms with Crippen LogP contribution < -0.4 is 0 Å².